The van der Waals surface area contributed by atoms with Gasteiger partial charge < -0.3 is 19.2 Å². The van der Waals surface area contributed by atoms with Crippen LogP contribution in [0.3, 0.4) is 0 Å². The Hall–Kier alpha value is -1.33. The quantitative estimate of drug-likeness (QED) is 0.926. The number of aliphatic hydroxyl groups is 1. The molecular formula is C18H27NO4. The number of nitrogens with zero attached hydrogens (tertiary/aromatic N) is 1. The lowest BCUT2D eigenvalue weighted by atomic mass is 9.95. The fourth-order valence-electron chi connectivity index (χ4n) is 3.75. The average molecular weight is 321 g/mol. The van der Waals surface area contributed by atoms with Crippen molar-refractivity contribution in [3.05, 3.63) is 24.2 Å². The van der Waals surface area contributed by atoms with E-state index in [1.165, 1.54) is 0 Å². The third-order valence-electron chi connectivity index (χ3n) is 5.10. The van der Waals surface area contributed by atoms with Gasteiger partial charge in [-0.1, -0.05) is 12.8 Å². The molecule has 2 fully saturated rings. The largest absolute Gasteiger partial charge is 0.467 e. The highest BCUT2D eigenvalue weighted by Crippen LogP contribution is 2.29. The Morgan fingerprint density at radius 1 is 1.26 bits per heavy atom. The van der Waals surface area contributed by atoms with E-state index in [0.29, 0.717) is 25.4 Å². The highest BCUT2D eigenvalue weighted by Gasteiger charge is 2.33. The summed E-state index contributed by atoms with van der Waals surface area (Å²) in [6, 6.07) is 3.69. The lowest BCUT2D eigenvalue weighted by molar-refractivity contribution is -0.141. The van der Waals surface area contributed by atoms with Gasteiger partial charge in [-0.15, -0.1) is 0 Å². The molecule has 5 nitrogen and oxygen atoms in total. The van der Waals surface area contributed by atoms with Crippen LogP contribution in [0.4, 0.5) is 0 Å². The first-order valence-corrected chi connectivity index (χ1v) is 8.85. The number of aliphatic hydroxyl groups excluding tert-OH is 1. The average Bonchev–Trinajstić information content (AvgIpc) is 3.03. The summed E-state index contributed by atoms with van der Waals surface area (Å²) in [4.78, 5) is 15.0. The number of likely N-dealkylation sites (tertiary alicyclic amines) is 1. The number of ether oxygens (including phenoxy) is 1. The van der Waals surface area contributed by atoms with Crippen LogP contribution in [0.2, 0.25) is 0 Å². The molecule has 2 unspecified atom stereocenters. The second kappa shape index (κ2) is 7.97. The van der Waals surface area contributed by atoms with Crippen molar-refractivity contribution in [2.75, 3.05) is 19.8 Å². The van der Waals surface area contributed by atoms with Gasteiger partial charge in [-0.25, -0.2) is 0 Å². The molecule has 1 amide bonds. The van der Waals surface area contributed by atoms with Gasteiger partial charge in [0.15, 0.2) is 0 Å². The normalized spacial score (nSPS) is 25.1. The molecule has 1 N–H and O–H groups in total. The summed E-state index contributed by atoms with van der Waals surface area (Å²) < 4.78 is 10.7. The Labute approximate surface area is 137 Å². The molecule has 1 aromatic heterocycles. The molecule has 1 aromatic rings. The van der Waals surface area contributed by atoms with Crippen LogP contribution in [-0.4, -0.2) is 41.7 Å². The van der Waals surface area contributed by atoms with E-state index in [9.17, 15) is 9.90 Å². The number of furan rings is 1. The lowest BCUT2D eigenvalue weighted by Crippen LogP contribution is -2.45. The van der Waals surface area contributed by atoms with Gasteiger partial charge in [-0.3, -0.25) is 4.79 Å². The standard InChI is InChI=1S/C18H27NO4/c20-16(17-6-4-10-23-17)13-15-5-2-1-3-9-19(15)18(21)14-7-11-22-12-8-14/h4,6,10,14-16,20H,1-3,5,7-9,11-13H2. The molecule has 5 heteroatoms. The molecule has 0 aromatic carbocycles. The van der Waals surface area contributed by atoms with Crippen LogP contribution in [0.5, 0.6) is 0 Å². The van der Waals surface area contributed by atoms with Gasteiger partial charge in [0.2, 0.25) is 5.91 Å². The molecule has 128 valence electrons. The number of amides is 1. The molecule has 0 bridgehead atoms. The van der Waals surface area contributed by atoms with Gasteiger partial charge in [-0.2, -0.15) is 0 Å². The van der Waals surface area contributed by atoms with Crippen molar-refractivity contribution in [3.8, 4) is 0 Å². The van der Waals surface area contributed by atoms with Crippen molar-refractivity contribution >= 4 is 5.91 Å². The van der Waals surface area contributed by atoms with Crippen LogP contribution < -0.4 is 0 Å². The van der Waals surface area contributed by atoms with E-state index in [0.717, 1.165) is 45.1 Å². The summed E-state index contributed by atoms with van der Waals surface area (Å²) in [6.07, 6.45) is 7.44. The monoisotopic (exact) mass is 321 g/mol. The fraction of sp³-hybridized carbons (Fsp3) is 0.722. The van der Waals surface area contributed by atoms with E-state index >= 15 is 0 Å². The third kappa shape index (κ3) is 4.15. The molecule has 2 saturated heterocycles. The van der Waals surface area contributed by atoms with Gasteiger partial charge in [-0.05, 0) is 37.8 Å². The minimum absolute atomic E-state index is 0.0881. The first kappa shape index (κ1) is 16.5. The Kier molecular flexibility index (Phi) is 5.73. The minimum atomic E-state index is -0.641. The molecule has 2 atom stereocenters. The van der Waals surface area contributed by atoms with E-state index in [1.54, 1.807) is 18.4 Å². The summed E-state index contributed by atoms with van der Waals surface area (Å²) >= 11 is 0. The first-order valence-electron chi connectivity index (χ1n) is 8.85. The molecule has 23 heavy (non-hydrogen) atoms. The maximum Gasteiger partial charge on any atom is 0.226 e. The zero-order valence-electron chi connectivity index (χ0n) is 13.7. The maximum atomic E-state index is 12.9. The fourth-order valence-corrected chi connectivity index (χ4v) is 3.75. The number of hydrogen-bond acceptors (Lipinski definition) is 4. The van der Waals surface area contributed by atoms with E-state index in [1.807, 2.05) is 4.90 Å². The van der Waals surface area contributed by atoms with Crippen molar-refractivity contribution in [1.82, 2.24) is 4.90 Å². The summed E-state index contributed by atoms with van der Waals surface area (Å²) in [5.74, 6) is 0.935. The van der Waals surface area contributed by atoms with Gasteiger partial charge in [0.1, 0.15) is 11.9 Å². The molecule has 0 spiro atoms. The zero-order valence-corrected chi connectivity index (χ0v) is 13.7. The van der Waals surface area contributed by atoms with Crippen LogP contribution in [-0.2, 0) is 9.53 Å². The zero-order chi connectivity index (χ0) is 16.1. The molecular weight excluding hydrogens is 294 g/mol. The number of hydrogen-bond donors (Lipinski definition) is 1. The Morgan fingerprint density at radius 2 is 2.09 bits per heavy atom. The highest BCUT2D eigenvalue weighted by atomic mass is 16.5. The summed E-state index contributed by atoms with van der Waals surface area (Å²) in [7, 11) is 0. The van der Waals surface area contributed by atoms with Crippen LogP contribution in [0.25, 0.3) is 0 Å². The third-order valence-corrected chi connectivity index (χ3v) is 5.10. The Bertz CT molecular complexity index is 481. The van der Waals surface area contributed by atoms with Crippen molar-refractivity contribution in [1.29, 1.82) is 0 Å². The van der Waals surface area contributed by atoms with E-state index < -0.39 is 6.10 Å². The van der Waals surface area contributed by atoms with Crippen molar-refractivity contribution in [2.24, 2.45) is 5.92 Å². The Morgan fingerprint density at radius 3 is 2.83 bits per heavy atom. The number of carbonyl (C=O) groups excluding carboxylic acids is 1. The van der Waals surface area contributed by atoms with E-state index in [2.05, 4.69) is 0 Å². The van der Waals surface area contributed by atoms with Crippen LogP contribution in [0, 0.1) is 5.92 Å². The van der Waals surface area contributed by atoms with Gasteiger partial charge in [0, 0.05) is 38.1 Å². The second-order valence-corrected chi connectivity index (χ2v) is 6.69. The summed E-state index contributed by atoms with van der Waals surface area (Å²) in [6.45, 7) is 2.18. The molecule has 0 saturated carbocycles. The Balaban J connectivity index is 1.67. The first-order chi connectivity index (χ1) is 11.3. The molecule has 3 rings (SSSR count). The van der Waals surface area contributed by atoms with E-state index in [-0.39, 0.29) is 17.9 Å². The van der Waals surface area contributed by atoms with Gasteiger partial charge in [0.05, 0.1) is 6.26 Å². The van der Waals surface area contributed by atoms with Gasteiger partial charge >= 0.3 is 0 Å². The van der Waals surface area contributed by atoms with E-state index in [4.69, 9.17) is 9.15 Å². The smallest absolute Gasteiger partial charge is 0.226 e. The summed E-state index contributed by atoms with van der Waals surface area (Å²) in [5.41, 5.74) is 0. The minimum Gasteiger partial charge on any atom is -0.467 e. The number of carbonyl (C=O) groups is 1. The van der Waals surface area contributed by atoms with Crippen molar-refractivity contribution in [3.63, 3.8) is 0 Å². The lowest BCUT2D eigenvalue weighted by Gasteiger charge is -2.35. The van der Waals surface area contributed by atoms with Gasteiger partial charge in [0.25, 0.3) is 0 Å². The predicted octanol–water partition coefficient (Wildman–Crippen LogP) is 2.90. The SMILES string of the molecule is O=C(C1CCOCC1)N1CCCCCC1CC(O)c1ccco1. The second-order valence-electron chi connectivity index (χ2n) is 6.69. The molecule has 0 radical (unpaired) electrons. The van der Waals surface area contributed by atoms with Crippen LogP contribution >= 0.6 is 0 Å². The highest BCUT2D eigenvalue weighted by molar-refractivity contribution is 5.79. The molecule has 2 aliphatic heterocycles. The molecule has 2 aliphatic rings. The number of rotatable bonds is 4. The van der Waals surface area contributed by atoms with Crippen molar-refractivity contribution < 1.29 is 19.1 Å². The molecule has 0 aliphatic carbocycles. The predicted molar refractivity (Wildman–Crippen MR) is 85.8 cm³/mol. The molecule has 3 heterocycles. The topological polar surface area (TPSA) is 62.9 Å². The maximum absolute atomic E-state index is 12.9. The van der Waals surface area contributed by atoms with Crippen LogP contribution in [0.1, 0.15) is 56.8 Å². The summed E-state index contributed by atoms with van der Waals surface area (Å²) in [5, 5.41) is 10.4. The van der Waals surface area contributed by atoms with Crippen LogP contribution in [0.15, 0.2) is 22.8 Å². The van der Waals surface area contributed by atoms with Crippen molar-refractivity contribution in [2.45, 2.75) is 57.1 Å².